The lowest BCUT2D eigenvalue weighted by atomic mass is 10.1. The maximum atomic E-state index is 12.3. The maximum Gasteiger partial charge on any atom is 0.253 e. The highest BCUT2D eigenvalue weighted by Gasteiger charge is 2.25. The van der Waals surface area contributed by atoms with Crippen LogP contribution in [0.3, 0.4) is 0 Å². The molecule has 1 amide bonds. The predicted molar refractivity (Wildman–Crippen MR) is 113 cm³/mol. The Kier molecular flexibility index (Phi) is 5.69. The fourth-order valence-electron chi connectivity index (χ4n) is 3.19. The summed E-state index contributed by atoms with van der Waals surface area (Å²) < 4.78 is 7.51. The maximum absolute atomic E-state index is 12.3. The summed E-state index contributed by atoms with van der Waals surface area (Å²) in [5, 5.41) is 6.69. The van der Waals surface area contributed by atoms with E-state index in [1.165, 1.54) is 0 Å². The largest absolute Gasteiger partial charge is 0.377 e. The number of anilines is 1. The van der Waals surface area contributed by atoms with Crippen molar-refractivity contribution in [1.82, 2.24) is 19.7 Å². The number of hydrogen-bond acceptors (Lipinski definition) is 5. The Morgan fingerprint density at radius 3 is 2.93 bits per heavy atom. The summed E-state index contributed by atoms with van der Waals surface area (Å²) in [5.41, 5.74) is 2.97. The van der Waals surface area contributed by atoms with Crippen LogP contribution < -0.4 is 10.6 Å². The van der Waals surface area contributed by atoms with Crippen LogP contribution in [-0.2, 0) is 4.74 Å². The van der Waals surface area contributed by atoms with Crippen molar-refractivity contribution in [2.24, 2.45) is 0 Å². The SMILES string of the molecule is CCOC(C)CNc1nccn2c(-c3ccc(C(=O)NC4CC4)c(Cl)c3)cnc12. The lowest BCUT2D eigenvalue weighted by Gasteiger charge is -2.13. The molecular weight excluding hydrogens is 390 g/mol. The second-order valence-electron chi connectivity index (χ2n) is 7.20. The summed E-state index contributed by atoms with van der Waals surface area (Å²) in [6.07, 6.45) is 7.52. The van der Waals surface area contributed by atoms with Crippen LogP contribution in [-0.4, -0.2) is 45.6 Å². The molecule has 0 spiro atoms. The molecule has 0 aliphatic heterocycles. The Labute approximate surface area is 174 Å². The number of imidazole rings is 1. The molecule has 0 radical (unpaired) electrons. The number of rotatable bonds is 8. The van der Waals surface area contributed by atoms with Crippen LogP contribution in [0.5, 0.6) is 0 Å². The first-order valence-electron chi connectivity index (χ1n) is 9.85. The molecule has 1 unspecified atom stereocenters. The predicted octanol–water partition coefficient (Wildman–Crippen LogP) is 3.78. The molecule has 2 aromatic heterocycles. The standard InChI is InChI=1S/C21H24ClN5O2/c1-3-29-13(2)11-24-19-20-25-12-18(27(20)9-8-23-19)14-4-7-16(17(22)10-14)21(28)26-15-5-6-15/h4,7-10,12-13,15H,3,5-6,11H2,1-2H3,(H,23,24)(H,26,28). The molecule has 2 heterocycles. The molecule has 4 rings (SSSR count). The number of halogens is 1. The Hall–Kier alpha value is -2.64. The quantitative estimate of drug-likeness (QED) is 0.587. The van der Waals surface area contributed by atoms with Gasteiger partial charge in [-0.1, -0.05) is 17.7 Å². The minimum Gasteiger partial charge on any atom is -0.377 e. The lowest BCUT2D eigenvalue weighted by molar-refractivity contribution is 0.0855. The molecule has 2 N–H and O–H groups in total. The van der Waals surface area contributed by atoms with Crippen LogP contribution >= 0.6 is 11.6 Å². The van der Waals surface area contributed by atoms with Crippen LogP contribution in [0.1, 0.15) is 37.0 Å². The smallest absolute Gasteiger partial charge is 0.253 e. The fourth-order valence-corrected chi connectivity index (χ4v) is 3.46. The molecule has 0 saturated heterocycles. The number of benzene rings is 1. The number of amides is 1. The van der Waals surface area contributed by atoms with Gasteiger partial charge in [-0.2, -0.15) is 0 Å². The summed E-state index contributed by atoms with van der Waals surface area (Å²) in [6, 6.07) is 5.75. The van der Waals surface area contributed by atoms with Gasteiger partial charge < -0.3 is 15.4 Å². The van der Waals surface area contributed by atoms with E-state index in [0.717, 1.165) is 29.7 Å². The van der Waals surface area contributed by atoms with Gasteiger partial charge >= 0.3 is 0 Å². The van der Waals surface area contributed by atoms with Crippen molar-refractivity contribution in [2.45, 2.75) is 38.8 Å². The molecule has 1 aromatic carbocycles. The summed E-state index contributed by atoms with van der Waals surface area (Å²) in [7, 11) is 0. The Balaban J connectivity index is 1.58. The van der Waals surface area contributed by atoms with Gasteiger partial charge in [0.2, 0.25) is 0 Å². The number of hydrogen-bond donors (Lipinski definition) is 2. The van der Waals surface area contributed by atoms with Gasteiger partial charge in [-0.05, 0) is 38.8 Å². The zero-order chi connectivity index (χ0) is 20.4. The molecule has 0 bridgehead atoms. The topological polar surface area (TPSA) is 80.5 Å². The van der Waals surface area contributed by atoms with Gasteiger partial charge in [0, 0.05) is 37.2 Å². The summed E-state index contributed by atoms with van der Waals surface area (Å²) in [4.78, 5) is 21.2. The van der Waals surface area contributed by atoms with Gasteiger partial charge in [-0.25, -0.2) is 9.97 Å². The minimum atomic E-state index is -0.124. The van der Waals surface area contributed by atoms with Gasteiger partial charge in [0.25, 0.3) is 5.91 Å². The first-order valence-corrected chi connectivity index (χ1v) is 10.2. The van der Waals surface area contributed by atoms with E-state index < -0.39 is 0 Å². The highest BCUT2D eigenvalue weighted by Crippen LogP contribution is 2.28. The number of fused-ring (bicyclic) bond motifs is 1. The van der Waals surface area contributed by atoms with Gasteiger partial charge in [0.1, 0.15) is 0 Å². The molecule has 7 nitrogen and oxygen atoms in total. The van der Waals surface area contributed by atoms with E-state index in [9.17, 15) is 4.79 Å². The molecule has 1 atom stereocenters. The minimum absolute atomic E-state index is 0.0737. The van der Waals surface area contributed by atoms with Gasteiger partial charge in [0.15, 0.2) is 11.5 Å². The first kappa shape index (κ1) is 19.7. The normalized spacial score (nSPS) is 14.7. The second-order valence-corrected chi connectivity index (χ2v) is 7.61. The van der Waals surface area contributed by atoms with Crippen LogP contribution in [0.2, 0.25) is 5.02 Å². The number of ether oxygens (including phenoxy) is 1. The van der Waals surface area contributed by atoms with Crippen molar-refractivity contribution in [3.05, 3.63) is 47.4 Å². The average molecular weight is 414 g/mol. The van der Waals surface area contributed by atoms with E-state index in [-0.39, 0.29) is 12.0 Å². The molecule has 152 valence electrons. The van der Waals surface area contributed by atoms with Crippen LogP contribution in [0.4, 0.5) is 5.82 Å². The zero-order valence-corrected chi connectivity index (χ0v) is 17.2. The number of carbonyl (C=O) groups is 1. The van der Waals surface area contributed by atoms with Crippen LogP contribution in [0.25, 0.3) is 16.9 Å². The first-order chi connectivity index (χ1) is 14.1. The zero-order valence-electron chi connectivity index (χ0n) is 16.5. The monoisotopic (exact) mass is 413 g/mol. The Morgan fingerprint density at radius 1 is 1.38 bits per heavy atom. The highest BCUT2D eigenvalue weighted by atomic mass is 35.5. The molecule has 1 aliphatic rings. The summed E-state index contributed by atoms with van der Waals surface area (Å²) in [6.45, 7) is 5.29. The Morgan fingerprint density at radius 2 is 2.21 bits per heavy atom. The van der Waals surface area contributed by atoms with Crippen molar-refractivity contribution in [3.63, 3.8) is 0 Å². The van der Waals surface area contributed by atoms with E-state index in [1.807, 2.05) is 30.5 Å². The van der Waals surface area contributed by atoms with Crippen molar-refractivity contribution in [3.8, 4) is 11.3 Å². The average Bonchev–Trinajstić information content (AvgIpc) is 3.41. The lowest BCUT2D eigenvalue weighted by Crippen LogP contribution is -2.25. The van der Waals surface area contributed by atoms with E-state index in [0.29, 0.717) is 35.6 Å². The van der Waals surface area contributed by atoms with Crippen molar-refractivity contribution in [2.75, 3.05) is 18.5 Å². The fraction of sp³-hybridized carbons (Fsp3) is 0.381. The van der Waals surface area contributed by atoms with E-state index in [1.54, 1.807) is 24.5 Å². The summed E-state index contributed by atoms with van der Waals surface area (Å²) in [5.74, 6) is 0.568. The molecule has 29 heavy (non-hydrogen) atoms. The van der Waals surface area contributed by atoms with Crippen LogP contribution in [0.15, 0.2) is 36.8 Å². The third-order valence-electron chi connectivity index (χ3n) is 4.86. The molecule has 1 fully saturated rings. The van der Waals surface area contributed by atoms with E-state index in [4.69, 9.17) is 16.3 Å². The van der Waals surface area contributed by atoms with Crippen molar-refractivity contribution < 1.29 is 9.53 Å². The van der Waals surface area contributed by atoms with E-state index >= 15 is 0 Å². The highest BCUT2D eigenvalue weighted by molar-refractivity contribution is 6.34. The van der Waals surface area contributed by atoms with Gasteiger partial charge in [-0.3, -0.25) is 9.20 Å². The third-order valence-corrected chi connectivity index (χ3v) is 5.17. The van der Waals surface area contributed by atoms with Crippen LogP contribution in [0, 0.1) is 0 Å². The van der Waals surface area contributed by atoms with Crippen molar-refractivity contribution >= 4 is 29.0 Å². The number of aromatic nitrogens is 3. The van der Waals surface area contributed by atoms with E-state index in [2.05, 4.69) is 20.6 Å². The molecule has 1 aliphatic carbocycles. The van der Waals surface area contributed by atoms with Crippen molar-refractivity contribution in [1.29, 1.82) is 0 Å². The van der Waals surface area contributed by atoms with Gasteiger partial charge in [-0.15, -0.1) is 0 Å². The third kappa shape index (κ3) is 4.36. The molecule has 1 saturated carbocycles. The molecule has 8 heteroatoms. The number of nitrogens with one attached hydrogen (secondary N) is 2. The van der Waals surface area contributed by atoms with Gasteiger partial charge in [0.05, 0.1) is 28.6 Å². The Bertz CT molecular complexity index is 1030. The summed E-state index contributed by atoms with van der Waals surface area (Å²) >= 11 is 6.41. The molecule has 3 aromatic rings. The molecular formula is C21H24ClN5O2. The number of nitrogens with zero attached hydrogens (tertiary/aromatic N) is 3. The number of carbonyl (C=O) groups excluding carboxylic acids is 1. The second kappa shape index (κ2) is 8.39.